The van der Waals surface area contributed by atoms with Crippen molar-refractivity contribution < 1.29 is 23.0 Å². The Morgan fingerprint density at radius 1 is 0.943 bits per heavy atom. The fourth-order valence-electron chi connectivity index (χ4n) is 5.13. The van der Waals surface area contributed by atoms with Gasteiger partial charge >= 0.3 is 6.18 Å². The molecular formula is C26H35Cl2F3N2O2. The molecule has 0 amide bonds. The highest BCUT2D eigenvalue weighted by atomic mass is 35.5. The number of nitrogens with zero attached hydrogens (tertiary/aromatic N) is 1. The zero-order valence-electron chi connectivity index (χ0n) is 19.7. The monoisotopic (exact) mass is 534 g/mol. The number of alkyl halides is 3. The van der Waals surface area contributed by atoms with Crippen LogP contribution in [0.1, 0.15) is 54.7 Å². The lowest BCUT2D eigenvalue weighted by molar-refractivity contribution is -0.138. The molecule has 2 aromatic rings. The smallest absolute Gasteiger partial charge is 0.416 e. The minimum absolute atomic E-state index is 0. The van der Waals surface area contributed by atoms with E-state index in [1.807, 2.05) is 24.3 Å². The number of benzene rings is 2. The second-order valence-corrected chi connectivity index (χ2v) is 9.28. The number of nitrogens with one attached hydrogen (secondary N) is 1. The van der Waals surface area contributed by atoms with Crippen molar-refractivity contribution in [1.82, 2.24) is 10.2 Å². The molecule has 0 bridgehead atoms. The zero-order chi connectivity index (χ0) is 23.3. The van der Waals surface area contributed by atoms with Crippen molar-refractivity contribution in [3.63, 3.8) is 0 Å². The summed E-state index contributed by atoms with van der Waals surface area (Å²) in [7, 11) is 0. The first-order valence-electron chi connectivity index (χ1n) is 11.9. The van der Waals surface area contributed by atoms with Crippen LogP contribution in [0.5, 0.6) is 5.75 Å². The minimum atomic E-state index is -4.41. The van der Waals surface area contributed by atoms with Gasteiger partial charge in [-0.25, -0.2) is 0 Å². The van der Waals surface area contributed by atoms with E-state index in [-0.39, 0.29) is 42.9 Å². The van der Waals surface area contributed by atoms with E-state index in [9.17, 15) is 18.3 Å². The number of hydrogen-bond donors (Lipinski definition) is 2. The van der Waals surface area contributed by atoms with E-state index < -0.39 is 17.3 Å². The average molecular weight is 535 g/mol. The van der Waals surface area contributed by atoms with Gasteiger partial charge in [-0.1, -0.05) is 49.6 Å². The van der Waals surface area contributed by atoms with Crippen LogP contribution in [0, 0.1) is 0 Å². The Balaban J connectivity index is 0.00000216. The molecule has 1 saturated carbocycles. The molecule has 1 aliphatic carbocycles. The van der Waals surface area contributed by atoms with E-state index in [1.165, 1.54) is 12.1 Å². The summed E-state index contributed by atoms with van der Waals surface area (Å²) >= 11 is 0. The van der Waals surface area contributed by atoms with Crippen molar-refractivity contribution >= 4 is 24.8 Å². The quantitative estimate of drug-likeness (QED) is 0.470. The lowest BCUT2D eigenvalue weighted by Gasteiger charge is -2.42. The maximum atomic E-state index is 13.2. The molecule has 1 heterocycles. The van der Waals surface area contributed by atoms with Crippen LogP contribution in [0.25, 0.3) is 0 Å². The summed E-state index contributed by atoms with van der Waals surface area (Å²) in [5, 5.41) is 14.9. The Labute approximate surface area is 218 Å². The van der Waals surface area contributed by atoms with Crippen molar-refractivity contribution in [2.75, 3.05) is 32.7 Å². The Morgan fingerprint density at radius 2 is 1.57 bits per heavy atom. The van der Waals surface area contributed by atoms with Crippen LogP contribution >= 0.6 is 24.8 Å². The molecule has 4 rings (SSSR count). The van der Waals surface area contributed by atoms with Crippen molar-refractivity contribution in [3.8, 4) is 5.75 Å². The fraction of sp³-hybridized carbons (Fsp3) is 0.538. The summed E-state index contributed by atoms with van der Waals surface area (Å²) in [6.45, 7) is 4.49. The zero-order valence-corrected chi connectivity index (χ0v) is 21.4. The first-order valence-corrected chi connectivity index (χ1v) is 11.9. The molecule has 4 nitrogen and oxygen atoms in total. The lowest BCUT2D eigenvalue weighted by atomic mass is 9.72. The van der Waals surface area contributed by atoms with Crippen LogP contribution in [0.15, 0.2) is 48.5 Å². The second kappa shape index (κ2) is 13.2. The molecule has 2 N–H and O–H groups in total. The molecule has 1 unspecified atom stereocenters. The van der Waals surface area contributed by atoms with E-state index in [0.29, 0.717) is 5.75 Å². The SMILES string of the molecule is Cl.Cl.OC1(C(CN2CCNCC2)c2ccc(OCc3ccccc3C(F)(F)F)cc2)CCCCC1. The van der Waals surface area contributed by atoms with E-state index >= 15 is 0 Å². The summed E-state index contributed by atoms with van der Waals surface area (Å²) in [4.78, 5) is 2.41. The number of rotatable bonds is 7. The van der Waals surface area contributed by atoms with Gasteiger partial charge in [0.25, 0.3) is 0 Å². The molecule has 9 heteroatoms. The van der Waals surface area contributed by atoms with Gasteiger partial charge in [-0.2, -0.15) is 13.2 Å². The summed E-state index contributed by atoms with van der Waals surface area (Å²) in [5.74, 6) is 0.517. The van der Waals surface area contributed by atoms with Gasteiger partial charge in [0.05, 0.1) is 11.2 Å². The van der Waals surface area contributed by atoms with Crippen LogP contribution < -0.4 is 10.1 Å². The molecule has 2 aliphatic rings. The summed E-state index contributed by atoms with van der Waals surface area (Å²) in [5.41, 5.74) is -0.225. The molecular weight excluding hydrogens is 500 g/mol. The van der Waals surface area contributed by atoms with Crippen LogP contribution in [-0.4, -0.2) is 48.3 Å². The molecule has 1 atom stereocenters. The highest BCUT2D eigenvalue weighted by molar-refractivity contribution is 5.85. The Kier molecular flexibility index (Phi) is 11.2. The van der Waals surface area contributed by atoms with Crippen LogP contribution in [0.3, 0.4) is 0 Å². The Morgan fingerprint density at radius 3 is 2.20 bits per heavy atom. The third-order valence-corrected chi connectivity index (χ3v) is 7.02. The Bertz CT molecular complexity index is 900. The van der Waals surface area contributed by atoms with Gasteiger partial charge in [0, 0.05) is 44.2 Å². The third kappa shape index (κ3) is 7.73. The lowest BCUT2D eigenvalue weighted by Crippen LogP contribution is -2.49. The first-order chi connectivity index (χ1) is 15.9. The molecule has 1 aliphatic heterocycles. The van der Waals surface area contributed by atoms with Crippen molar-refractivity contribution in [3.05, 3.63) is 65.2 Å². The molecule has 35 heavy (non-hydrogen) atoms. The average Bonchev–Trinajstić information content (AvgIpc) is 2.82. The highest BCUT2D eigenvalue weighted by Gasteiger charge is 2.39. The number of halogens is 5. The number of hydrogen-bond acceptors (Lipinski definition) is 4. The van der Waals surface area contributed by atoms with Gasteiger partial charge in [-0.05, 0) is 36.6 Å². The van der Waals surface area contributed by atoms with Crippen LogP contribution in [0.4, 0.5) is 13.2 Å². The molecule has 2 aromatic carbocycles. The van der Waals surface area contributed by atoms with E-state index in [1.54, 1.807) is 6.07 Å². The normalized spacial score (nSPS) is 19.2. The van der Waals surface area contributed by atoms with Gasteiger partial charge in [0.2, 0.25) is 0 Å². The van der Waals surface area contributed by atoms with Crippen molar-refractivity contribution in [2.45, 2.75) is 56.4 Å². The molecule has 1 saturated heterocycles. The van der Waals surface area contributed by atoms with Crippen LogP contribution in [-0.2, 0) is 12.8 Å². The summed E-state index contributed by atoms with van der Waals surface area (Å²) in [6.07, 6.45) is 0.431. The molecule has 0 aromatic heterocycles. The van der Waals surface area contributed by atoms with Crippen molar-refractivity contribution in [1.29, 1.82) is 0 Å². The minimum Gasteiger partial charge on any atom is -0.489 e. The summed E-state index contributed by atoms with van der Waals surface area (Å²) < 4.78 is 45.4. The van der Waals surface area contributed by atoms with E-state index in [0.717, 1.165) is 76.5 Å². The topological polar surface area (TPSA) is 44.7 Å². The maximum Gasteiger partial charge on any atom is 0.416 e. The third-order valence-electron chi connectivity index (χ3n) is 7.02. The van der Waals surface area contributed by atoms with Gasteiger partial charge in [0.15, 0.2) is 0 Å². The predicted octanol–water partition coefficient (Wildman–Crippen LogP) is 5.81. The number of aliphatic hydroxyl groups is 1. The van der Waals surface area contributed by atoms with Gasteiger partial charge in [0.1, 0.15) is 12.4 Å². The number of ether oxygens (including phenoxy) is 1. The Hall–Kier alpha value is -1.51. The van der Waals surface area contributed by atoms with E-state index in [4.69, 9.17) is 4.74 Å². The highest BCUT2D eigenvalue weighted by Crippen LogP contribution is 2.41. The van der Waals surface area contributed by atoms with Crippen LogP contribution in [0.2, 0.25) is 0 Å². The van der Waals surface area contributed by atoms with Gasteiger partial charge in [-0.15, -0.1) is 24.8 Å². The van der Waals surface area contributed by atoms with Crippen molar-refractivity contribution in [2.24, 2.45) is 0 Å². The fourth-order valence-corrected chi connectivity index (χ4v) is 5.13. The molecule has 0 spiro atoms. The van der Waals surface area contributed by atoms with Gasteiger partial charge < -0.3 is 20.1 Å². The largest absolute Gasteiger partial charge is 0.489 e. The maximum absolute atomic E-state index is 13.2. The second-order valence-electron chi connectivity index (χ2n) is 9.28. The molecule has 2 fully saturated rings. The van der Waals surface area contributed by atoms with E-state index in [2.05, 4.69) is 10.2 Å². The standard InChI is InChI=1S/C26H33F3N2O2.2ClH/c27-26(28,29)23-7-3-2-6-21(23)19-33-22-10-8-20(9-11-22)24(18-31-16-14-30-15-17-31)25(32)12-4-1-5-13-25;;/h2-3,6-11,24,30,32H,1,4-5,12-19H2;2*1H. The molecule has 0 radical (unpaired) electrons. The number of piperazine rings is 1. The predicted molar refractivity (Wildman–Crippen MR) is 137 cm³/mol. The van der Waals surface area contributed by atoms with Gasteiger partial charge in [-0.3, -0.25) is 0 Å². The summed E-state index contributed by atoms with van der Waals surface area (Å²) in [6, 6.07) is 13.0. The first kappa shape index (κ1) is 29.7. The molecule has 196 valence electrons.